The van der Waals surface area contributed by atoms with E-state index in [4.69, 9.17) is 14.2 Å². The number of carbonyl (C=O) groups is 2. The Hall–Kier alpha value is -3.31. The molecule has 1 saturated carbocycles. The number of thioether (sulfide) groups is 1. The molecule has 264 valence electrons. The van der Waals surface area contributed by atoms with E-state index in [1.54, 1.807) is 17.8 Å². The van der Waals surface area contributed by atoms with Crippen molar-refractivity contribution in [2.45, 2.75) is 83.8 Å². The maximum absolute atomic E-state index is 14.3. The molecular formula is C39H48F2N2O5S. The number of rotatable bonds is 12. The van der Waals surface area contributed by atoms with Gasteiger partial charge in [-0.15, -0.1) is 0 Å². The molecule has 7 nitrogen and oxygen atoms in total. The summed E-state index contributed by atoms with van der Waals surface area (Å²) in [5, 5.41) is 2.90. The molecule has 1 atom stereocenters. The molecule has 3 aromatic rings. The summed E-state index contributed by atoms with van der Waals surface area (Å²) in [7, 11) is 1.32. The van der Waals surface area contributed by atoms with Crippen LogP contribution in [-0.2, 0) is 32.1 Å². The second-order valence-corrected chi connectivity index (χ2v) is 15.1. The largest absolute Gasteiger partial charge is 0.467 e. The van der Waals surface area contributed by atoms with Gasteiger partial charge in [0, 0.05) is 49.0 Å². The van der Waals surface area contributed by atoms with Gasteiger partial charge in [-0.1, -0.05) is 44.2 Å². The van der Waals surface area contributed by atoms with E-state index in [0.717, 1.165) is 54.0 Å². The molecule has 0 bridgehead atoms. The molecule has 2 aliphatic rings. The van der Waals surface area contributed by atoms with Crippen LogP contribution in [0.1, 0.15) is 73.0 Å². The third kappa shape index (κ3) is 9.48. The number of hydrogen-bond acceptors (Lipinski definition) is 7. The molecule has 1 N–H and O–H groups in total. The van der Waals surface area contributed by atoms with Gasteiger partial charge < -0.3 is 19.5 Å². The molecule has 1 heterocycles. The number of ether oxygens (including phenoxy) is 3. The van der Waals surface area contributed by atoms with Gasteiger partial charge in [-0.25, -0.2) is 13.6 Å². The predicted molar refractivity (Wildman–Crippen MR) is 189 cm³/mol. The van der Waals surface area contributed by atoms with Crippen LogP contribution >= 0.6 is 11.8 Å². The van der Waals surface area contributed by atoms with Gasteiger partial charge in [-0.05, 0) is 90.3 Å². The van der Waals surface area contributed by atoms with Crippen LogP contribution < -0.4 is 5.32 Å². The fourth-order valence-corrected chi connectivity index (χ4v) is 7.24. The Bertz CT molecular complexity index is 1590. The number of esters is 1. The van der Waals surface area contributed by atoms with Gasteiger partial charge in [0.15, 0.2) is 5.79 Å². The van der Waals surface area contributed by atoms with Crippen LogP contribution in [0.2, 0.25) is 0 Å². The molecular weight excluding hydrogens is 647 g/mol. The van der Waals surface area contributed by atoms with E-state index in [0.29, 0.717) is 49.6 Å². The van der Waals surface area contributed by atoms with Crippen LogP contribution in [0.4, 0.5) is 8.78 Å². The van der Waals surface area contributed by atoms with Crippen molar-refractivity contribution < 1.29 is 32.6 Å². The summed E-state index contributed by atoms with van der Waals surface area (Å²) >= 11 is 1.59. The monoisotopic (exact) mass is 694 g/mol. The van der Waals surface area contributed by atoms with Crippen LogP contribution in [0.3, 0.4) is 0 Å². The van der Waals surface area contributed by atoms with Crippen molar-refractivity contribution in [1.29, 1.82) is 0 Å². The molecule has 0 aromatic heterocycles. The minimum absolute atomic E-state index is 0.0255. The minimum Gasteiger partial charge on any atom is -0.467 e. The molecule has 1 amide bonds. The molecule has 3 aromatic carbocycles. The van der Waals surface area contributed by atoms with Crippen LogP contribution in [0.5, 0.6) is 0 Å². The first kappa shape index (κ1) is 37.0. The lowest BCUT2D eigenvalue weighted by atomic mass is 9.86. The first-order valence-electron chi connectivity index (χ1n) is 16.9. The number of nitrogens with one attached hydrogen (secondary N) is 1. The number of nitrogens with zero attached hydrogens (tertiary/aromatic N) is 1. The summed E-state index contributed by atoms with van der Waals surface area (Å²) in [4.78, 5) is 28.6. The molecule has 2 fully saturated rings. The highest BCUT2D eigenvalue weighted by atomic mass is 32.2. The van der Waals surface area contributed by atoms with E-state index in [1.807, 2.05) is 49.6 Å². The topological polar surface area (TPSA) is 77.1 Å². The van der Waals surface area contributed by atoms with Gasteiger partial charge in [0.05, 0.1) is 20.3 Å². The average molecular weight is 695 g/mol. The van der Waals surface area contributed by atoms with Crippen molar-refractivity contribution in [1.82, 2.24) is 10.2 Å². The summed E-state index contributed by atoms with van der Waals surface area (Å²) in [6.45, 7) is 8.39. The fraction of sp³-hybridized carbons (Fsp3) is 0.487. The number of benzene rings is 3. The van der Waals surface area contributed by atoms with Crippen LogP contribution in [-0.4, -0.2) is 67.0 Å². The van der Waals surface area contributed by atoms with Gasteiger partial charge in [-0.2, -0.15) is 11.8 Å². The van der Waals surface area contributed by atoms with Gasteiger partial charge in [0.25, 0.3) is 5.91 Å². The highest BCUT2D eigenvalue weighted by Gasteiger charge is 2.44. The summed E-state index contributed by atoms with van der Waals surface area (Å²) in [6, 6.07) is 16.6. The van der Waals surface area contributed by atoms with Gasteiger partial charge >= 0.3 is 5.97 Å². The SMILES string of the molecule is COC(=O)C(CCSC)NC(=O)c1ccc(CN(Cc2cc(F)cc(F)c2)C2CCC3(CC2)OCC(C)(C)CO3)cc1-c1ccccc1C. The van der Waals surface area contributed by atoms with Gasteiger partial charge in [0.1, 0.15) is 17.7 Å². The number of halogens is 2. The zero-order valence-electron chi connectivity index (χ0n) is 29.2. The number of carbonyl (C=O) groups excluding carboxylic acids is 2. The molecule has 49 heavy (non-hydrogen) atoms. The Morgan fingerprint density at radius 2 is 1.61 bits per heavy atom. The molecule has 1 unspecified atom stereocenters. The van der Waals surface area contributed by atoms with Crippen molar-refractivity contribution >= 4 is 23.6 Å². The zero-order valence-corrected chi connectivity index (χ0v) is 30.0. The zero-order chi connectivity index (χ0) is 35.2. The summed E-state index contributed by atoms with van der Waals surface area (Å²) < 4.78 is 46.2. The first-order chi connectivity index (χ1) is 23.4. The number of hydrogen-bond donors (Lipinski definition) is 1. The molecule has 10 heteroatoms. The molecule has 1 spiro atoms. The van der Waals surface area contributed by atoms with Crippen LogP contribution in [0, 0.1) is 24.0 Å². The summed E-state index contributed by atoms with van der Waals surface area (Å²) in [5.74, 6) is -1.96. The van der Waals surface area contributed by atoms with Crippen molar-refractivity contribution in [3.8, 4) is 11.1 Å². The van der Waals surface area contributed by atoms with Gasteiger partial charge in [-0.3, -0.25) is 9.69 Å². The average Bonchev–Trinajstić information content (AvgIpc) is 3.07. The third-order valence-corrected chi connectivity index (χ3v) is 10.2. The lowest BCUT2D eigenvalue weighted by Crippen LogP contribution is -2.51. The lowest BCUT2D eigenvalue weighted by molar-refractivity contribution is -0.312. The standard InChI is InChI=1S/C39H48F2N2O5S/c1-26-8-6-7-9-32(26)34-20-27(10-11-33(34)36(44)42-35(14-17-49-5)37(45)46-4)22-43(23-28-18-29(40)21-30(41)19-28)31-12-15-39(16-13-31)47-24-38(2,3)25-48-39/h6-11,18-21,31,35H,12-17,22-25H2,1-5H3,(H,42,44). The van der Waals surface area contributed by atoms with E-state index in [9.17, 15) is 18.4 Å². The van der Waals surface area contributed by atoms with E-state index in [1.165, 1.54) is 19.2 Å². The second kappa shape index (κ2) is 16.1. The Morgan fingerprint density at radius 1 is 0.959 bits per heavy atom. The molecule has 1 aliphatic heterocycles. The lowest BCUT2D eigenvalue weighted by Gasteiger charge is -2.48. The Kier molecular flexibility index (Phi) is 12.2. The minimum atomic E-state index is -0.769. The number of aryl methyl sites for hydroxylation is 1. The number of methoxy groups -OCH3 is 1. The van der Waals surface area contributed by atoms with E-state index in [-0.39, 0.29) is 17.4 Å². The van der Waals surface area contributed by atoms with Crippen LogP contribution in [0.25, 0.3) is 11.1 Å². The highest BCUT2D eigenvalue weighted by molar-refractivity contribution is 7.98. The maximum atomic E-state index is 14.3. The molecule has 1 aliphatic carbocycles. The van der Waals surface area contributed by atoms with E-state index >= 15 is 0 Å². The predicted octanol–water partition coefficient (Wildman–Crippen LogP) is 7.68. The Labute approximate surface area is 293 Å². The highest BCUT2D eigenvalue weighted by Crippen LogP contribution is 2.41. The van der Waals surface area contributed by atoms with Crippen molar-refractivity contribution in [2.24, 2.45) is 5.41 Å². The number of amides is 1. The Balaban J connectivity index is 1.45. The fourth-order valence-electron chi connectivity index (χ4n) is 6.77. The van der Waals surface area contributed by atoms with Gasteiger partial charge in [0.2, 0.25) is 0 Å². The normalized spacial score (nSPS) is 18.0. The third-order valence-electron chi connectivity index (χ3n) is 9.54. The van der Waals surface area contributed by atoms with Crippen molar-refractivity contribution in [3.05, 3.63) is 94.6 Å². The van der Waals surface area contributed by atoms with Crippen LogP contribution in [0.15, 0.2) is 60.7 Å². The summed E-state index contributed by atoms with van der Waals surface area (Å²) in [5.41, 5.74) is 4.57. The molecule has 5 rings (SSSR count). The first-order valence-corrected chi connectivity index (χ1v) is 18.3. The molecule has 0 radical (unpaired) electrons. The maximum Gasteiger partial charge on any atom is 0.328 e. The van der Waals surface area contributed by atoms with E-state index in [2.05, 4.69) is 24.1 Å². The second-order valence-electron chi connectivity index (χ2n) is 14.1. The molecule has 1 saturated heterocycles. The van der Waals surface area contributed by atoms with Crippen molar-refractivity contribution in [3.63, 3.8) is 0 Å². The van der Waals surface area contributed by atoms with E-state index < -0.39 is 29.4 Å². The van der Waals surface area contributed by atoms with Crippen molar-refractivity contribution in [2.75, 3.05) is 32.3 Å². The smallest absolute Gasteiger partial charge is 0.328 e. The summed E-state index contributed by atoms with van der Waals surface area (Å²) in [6.07, 6.45) is 5.45. The Morgan fingerprint density at radius 3 is 2.24 bits per heavy atom. The quantitative estimate of drug-likeness (QED) is 0.195.